The van der Waals surface area contributed by atoms with Crippen LogP contribution in [0, 0.1) is 5.41 Å². The van der Waals surface area contributed by atoms with Crippen molar-refractivity contribution in [3.63, 3.8) is 0 Å². The zero-order valence-electron chi connectivity index (χ0n) is 11.0. The minimum Gasteiger partial charge on any atom is -0.481 e. The van der Waals surface area contributed by atoms with Crippen molar-refractivity contribution in [1.29, 1.82) is 0 Å². The molecule has 0 radical (unpaired) electrons. The van der Waals surface area contributed by atoms with Gasteiger partial charge in [-0.25, -0.2) is 0 Å². The van der Waals surface area contributed by atoms with Crippen molar-refractivity contribution in [1.82, 2.24) is 4.90 Å². The Labute approximate surface area is 104 Å². The molecule has 2 saturated carbocycles. The van der Waals surface area contributed by atoms with Gasteiger partial charge in [-0.05, 0) is 38.1 Å². The number of hydrogen-bond donors (Lipinski definition) is 1. The van der Waals surface area contributed by atoms with Gasteiger partial charge in [-0.15, -0.1) is 0 Å². The van der Waals surface area contributed by atoms with Gasteiger partial charge in [0.05, 0.1) is 6.42 Å². The summed E-state index contributed by atoms with van der Waals surface area (Å²) < 4.78 is 0. The number of carboxylic acid groups (broad SMARTS) is 1. The highest BCUT2D eigenvalue weighted by Crippen LogP contribution is 2.49. The molecule has 17 heavy (non-hydrogen) atoms. The largest absolute Gasteiger partial charge is 0.481 e. The molecule has 0 aromatic heterocycles. The smallest absolute Gasteiger partial charge is 0.303 e. The molecule has 0 aliphatic heterocycles. The van der Waals surface area contributed by atoms with Crippen molar-refractivity contribution in [3.05, 3.63) is 0 Å². The van der Waals surface area contributed by atoms with Crippen molar-refractivity contribution in [2.24, 2.45) is 5.41 Å². The molecule has 3 heteroatoms. The number of rotatable bonds is 5. The molecule has 0 atom stereocenters. The Kier molecular flexibility index (Phi) is 4.08. The quantitative estimate of drug-likeness (QED) is 0.750. The predicted octanol–water partition coefficient (Wildman–Crippen LogP) is 2.90. The summed E-state index contributed by atoms with van der Waals surface area (Å²) in [4.78, 5) is 13.3. The number of carbonyl (C=O) groups is 1. The fourth-order valence-corrected chi connectivity index (χ4v) is 3.25. The third-order valence-corrected chi connectivity index (χ3v) is 4.52. The normalized spacial score (nSPS) is 24.6. The molecule has 2 aliphatic rings. The average Bonchev–Trinajstić information content (AvgIpc) is 3.01. The van der Waals surface area contributed by atoms with Gasteiger partial charge >= 0.3 is 5.97 Å². The van der Waals surface area contributed by atoms with E-state index in [-0.39, 0.29) is 5.41 Å². The van der Waals surface area contributed by atoms with Crippen LogP contribution in [0.15, 0.2) is 0 Å². The zero-order chi connectivity index (χ0) is 12.3. The van der Waals surface area contributed by atoms with Crippen molar-refractivity contribution in [2.75, 3.05) is 13.6 Å². The van der Waals surface area contributed by atoms with Gasteiger partial charge in [0.15, 0.2) is 0 Å². The molecule has 3 nitrogen and oxygen atoms in total. The molecular formula is C14H25NO2. The molecule has 0 bridgehead atoms. The van der Waals surface area contributed by atoms with Gasteiger partial charge in [-0.1, -0.05) is 25.7 Å². The summed E-state index contributed by atoms with van der Waals surface area (Å²) in [7, 11) is 2.19. The number of hydrogen-bond acceptors (Lipinski definition) is 2. The Morgan fingerprint density at radius 2 is 1.82 bits per heavy atom. The minimum absolute atomic E-state index is 0.118. The highest BCUT2D eigenvalue weighted by molar-refractivity contribution is 5.68. The van der Waals surface area contributed by atoms with Crippen LogP contribution in [0.1, 0.15) is 57.8 Å². The van der Waals surface area contributed by atoms with Crippen LogP contribution in [-0.4, -0.2) is 35.6 Å². The number of nitrogens with zero attached hydrogens (tertiary/aromatic N) is 1. The van der Waals surface area contributed by atoms with E-state index in [9.17, 15) is 4.79 Å². The Hall–Kier alpha value is -0.570. The Morgan fingerprint density at radius 1 is 1.24 bits per heavy atom. The Morgan fingerprint density at radius 3 is 2.29 bits per heavy atom. The lowest BCUT2D eigenvalue weighted by atomic mass is 9.99. The molecule has 0 aromatic rings. The fourth-order valence-electron chi connectivity index (χ4n) is 3.25. The molecule has 0 saturated heterocycles. The van der Waals surface area contributed by atoms with Crippen molar-refractivity contribution >= 4 is 5.97 Å². The van der Waals surface area contributed by atoms with Gasteiger partial charge in [0, 0.05) is 12.6 Å². The van der Waals surface area contributed by atoms with Gasteiger partial charge in [0.1, 0.15) is 0 Å². The second-order valence-electron chi connectivity index (χ2n) is 6.13. The lowest BCUT2D eigenvalue weighted by molar-refractivity contribution is -0.138. The topological polar surface area (TPSA) is 40.5 Å². The lowest BCUT2D eigenvalue weighted by Gasteiger charge is -2.30. The van der Waals surface area contributed by atoms with Crippen molar-refractivity contribution in [3.8, 4) is 0 Å². The van der Waals surface area contributed by atoms with Gasteiger partial charge < -0.3 is 10.0 Å². The molecule has 0 unspecified atom stereocenters. The number of carboxylic acids is 1. The summed E-state index contributed by atoms with van der Waals surface area (Å²) in [5.74, 6) is -0.628. The maximum atomic E-state index is 10.8. The van der Waals surface area contributed by atoms with Crippen molar-refractivity contribution < 1.29 is 9.90 Å². The van der Waals surface area contributed by atoms with Crippen LogP contribution in [0.2, 0.25) is 0 Å². The predicted molar refractivity (Wildman–Crippen MR) is 68.0 cm³/mol. The standard InChI is InChI=1S/C14H25NO2/c1-15(12-6-4-2-3-5-7-12)11-14(8-9-14)10-13(16)17/h12H,2-11H2,1H3,(H,16,17). The summed E-state index contributed by atoms with van der Waals surface area (Å²) in [5, 5.41) is 8.94. The summed E-state index contributed by atoms with van der Waals surface area (Å²) >= 11 is 0. The van der Waals surface area contributed by atoms with Crippen LogP contribution >= 0.6 is 0 Å². The van der Waals surface area contributed by atoms with E-state index < -0.39 is 5.97 Å². The monoisotopic (exact) mass is 239 g/mol. The van der Waals surface area contributed by atoms with E-state index in [1.54, 1.807) is 0 Å². The van der Waals surface area contributed by atoms with Crippen LogP contribution in [0.5, 0.6) is 0 Å². The van der Waals surface area contributed by atoms with E-state index in [4.69, 9.17) is 5.11 Å². The van der Waals surface area contributed by atoms with E-state index >= 15 is 0 Å². The first-order valence-electron chi connectivity index (χ1n) is 7.03. The maximum absolute atomic E-state index is 10.8. The van der Waals surface area contributed by atoms with E-state index in [1.807, 2.05) is 0 Å². The van der Waals surface area contributed by atoms with E-state index in [0.29, 0.717) is 12.5 Å². The minimum atomic E-state index is -0.628. The van der Waals surface area contributed by atoms with Gasteiger partial charge in [0.2, 0.25) is 0 Å². The van der Waals surface area contributed by atoms with Crippen LogP contribution < -0.4 is 0 Å². The molecule has 2 rings (SSSR count). The van der Waals surface area contributed by atoms with Crippen LogP contribution in [0.4, 0.5) is 0 Å². The van der Waals surface area contributed by atoms with Gasteiger partial charge in [-0.2, -0.15) is 0 Å². The molecule has 98 valence electrons. The summed E-state index contributed by atoms with van der Waals surface area (Å²) in [6.45, 7) is 0.990. The Balaban J connectivity index is 1.83. The van der Waals surface area contributed by atoms with Gasteiger partial charge in [0.25, 0.3) is 0 Å². The van der Waals surface area contributed by atoms with E-state index in [1.165, 1.54) is 38.5 Å². The number of aliphatic carboxylic acids is 1. The Bertz CT molecular complexity index is 265. The molecule has 0 aromatic carbocycles. The van der Waals surface area contributed by atoms with Crippen LogP contribution in [0.3, 0.4) is 0 Å². The van der Waals surface area contributed by atoms with Crippen molar-refractivity contribution in [2.45, 2.75) is 63.8 Å². The second-order valence-corrected chi connectivity index (χ2v) is 6.13. The third kappa shape index (κ3) is 3.70. The molecule has 0 spiro atoms. The highest BCUT2D eigenvalue weighted by Gasteiger charge is 2.45. The molecular weight excluding hydrogens is 214 g/mol. The first kappa shape index (κ1) is 12.9. The SMILES string of the molecule is CN(CC1(CC(=O)O)CC1)C1CCCCCC1. The molecule has 0 amide bonds. The molecule has 1 N–H and O–H groups in total. The summed E-state index contributed by atoms with van der Waals surface area (Å²) in [6.07, 6.45) is 10.6. The summed E-state index contributed by atoms with van der Waals surface area (Å²) in [6, 6.07) is 0.698. The molecule has 0 heterocycles. The van der Waals surface area contributed by atoms with E-state index in [0.717, 1.165) is 19.4 Å². The first-order chi connectivity index (χ1) is 8.11. The van der Waals surface area contributed by atoms with Crippen LogP contribution in [-0.2, 0) is 4.79 Å². The van der Waals surface area contributed by atoms with Gasteiger partial charge in [-0.3, -0.25) is 4.79 Å². The molecule has 2 fully saturated rings. The zero-order valence-corrected chi connectivity index (χ0v) is 11.0. The average molecular weight is 239 g/mol. The molecule has 2 aliphatic carbocycles. The lowest BCUT2D eigenvalue weighted by Crippen LogP contribution is -2.36. The highest BCUT2D eigenvalue weighted by atomic mass is 16.4. The maximum Gasteiger partial charge on any atom is 0.303 e. The van der Waals surface area contributed by atoms with E-state index in [2.05, 4.69) is 11.9 Å². The fraction of sp³-hybridized carbons (Fsp3) is 0.929. The second kappa shape index (κ2) is 5.38. The third-order valence-electron chi connectivity index (χ3n) is 4.52. The summed E-state index contributed by atoms with van der Waals surface area (Å²) in [5.41, 5.74) is 0.118. The van der Waals surface area contributed by atoms with Crippen LogP contribution in [0.25, 0.3) is 0 Å². The first-order valence-corrected chi connectivity index (χ1v) is 7.03.